The normalized spacial score (nSPS) is 10.4. The summed E-state index contributed by atoms with van der Waals surface area (Å²) in [7, 11) is 0. The molecule has 0 saturated heterocycles. The zero-order chi connectivity index (χ0) is 24.9. The largest absolute Gasteiger partial charge is 0.408 e. The minimum Gasteiger partial charge on any atom is -0.408 e. The van der Waals surface area contributed by atoms with E-state index in [1.807, 2.05) is 43.3 Å². The van der Waals surface area contributed by atoms with Crippen molar-refractivity contribution in [1.29, 1.82) is 5.26 Å². The summed E-state index contributed by atoms with van der Waals surface area (Å²) in [4.78, 5) is 25.8. The van der Waals surface area contributed by atoms with Crippen LogP contribution in [-0.2, 0) is 0 Å². The number of hydrogen-bond acceptors (Lipinski definition) is 9. The van der Waals surface area contributed by atoms with E-state index >= 15 is 0 Å². The van der Waals surface area contributed by atoms with Gasteiger partial charge in [-0.3, -0.25) is 9.78 Å². The second-order valence-electron chi connectivity index (χ2n) is 7.72. The van der Waals surface area contributed by atoms with E-state index in [1.54, 1.807) is 48.9 Å². The van der Waals surface area contributed by atoms with Gasteiger partial charge in [-0.1, -0.05) is 11.2 Å². The smallest absolute Gasteiger partial charge is 0.321 e. The lowest BCUT2D eigenvalue weighted by molar-refractivity contribution is 0.102. The summed E-state index contributed by atoms with van der Waals surface area (Å²) < 4.78 is 5.22. The summed E-state index contributed by atoms with van der Waals surface area (Å²) in [6, 6.07) is 19.6. The number of nitriles is 1. The van der Waals surface area contributed by atoms with Crippen LogP contribution in [0.25, 0.3) is 22.7 Å². The van der Waals surface area contributed by atoms with Crippen LogP contribution in [0.1, 0.15) is 21.8 Å². The molecule has 174 valence electrons. The summed E-state index contributed by atoms with van der Waals surface area (Å²) >= 11 is 0. The lowest BCUT2D eigenvalue weighted by Crippen LogP contribution is -2.12. The molecule has 0 aliphatic heterocycles. The van der Waals surface area contributed by atoms with Crippen LogP contribution in [0.2, 0.25) is 0 Å². The molecule has 0 aliphatic rings. The van der Waals surface area contributed by atoms with Gasteiger partial charge in [0.25, 0.3) is 5.91 Å². The Labute approximate surface area is 205 Å². The van der Waals surface area contributed by atoms with Crippen LogP contribution < -0.4 is 10.6 Å². The summed E-state index contributed by atoms with van der Waals surface area (Å²) in [5.41, 5.74) is 5.01. The van der Waals surface area contributed by atoms with Gasteiger partial charge in [0, 0.05) is 46.7 Å². The number of nitrogens with zero attached hydrogens (tertiary/aromatic N) is 6. The summed E-state index contributed by atoms with van der Waals surface area (Å²) in [6.45, 7) is 1.95. The van der Waals surface area contributed by atoms with Crippen LogP contribution in [0.15, 0.2) is 83.7 Å². The van der Waals surface area contributed by atoms with Gasteiger partial charge >= 0.3 is 5.89 Å². The number of nitrogens with one attached hydrogen (secondary N) is 2. The Bertz CT molecular complexity index is 1570. The molecule has 10 heteroatoms. The van der Waals surface area contributed by atoms with Crippen molar-refractivity contribution < 1.29 is 9.21 Å². The van der Waals surface area contributed by atoms with Gasteiger partial charge in [-0.05, 0) is 67.1 Å². The number of pyridine rings is 1. The van der Waals surface area contributed by atoms with Crippen molar-refractivity contribution in [2.45, 2.75) is 6.92 Å². The third kappa shape index (κ3) is 4.90. The average Bonchev–Trinajstić information content (AvgIpc) is 3.41. The molecule has 3 heterocycles. The Kier molecular flexibility index (Phi) is 6.10. The predicted octanol–water partition coefficient (Wildman–Crippen LogP) is 4.76. The van der Waals surface area contributed by atoms with E-state index in [-0.39, 0.29) is 17.7 Å². The molecule has 0 radical (unpaired) electrons. The fourth-order valence-corrected chi connectivity index (χ4v) is 3.40. The van der Waals surface area contributed by atoms with Crippen LogP contribution in [-0.4, -0.2) is 31.1 Å². The fraction of sp³-hybridized carbons (Fsp3) is 0.0385. The molecule has 2 N–H and O–H groups in total. The van der Waals surface area contributed by atoms with Crippen LogP contribution >= 0.6 is 0 Å². The zero-order valence-electron chi connectivity index (χ0n) is 19.0. The lowest BCUT2D eigenvalue weighted by Gasteiger charge is -2.12. The molecular weight excluding hydrogens is 456 g/mol. The highest BCUT2D eigenvalue weighted by molar-refractivity contribution is 6.04. The maximum Gasteiger partial charge on any atom is 0.321 e. The first-order valence-electron chi connectivity index (χ1n) is 10.9. The van der Waals surface area contributed by atoms with Crippen molar-refractivity contribution >= 4 is 23.2 Å². The maximum absolute atomic E-state index is 12.8. The number of aryl methyl sites for hydroxylation is 1. The van der Waals surface area contributed by atoms with Gasteiger partial charge in [-0.25, -0.2) is 9.97 Å². The molecule has 0 aliphatic carbocycles. The number of carbonyl (C=O) groups is 1. The molecule has 1 amide bonds. The Morgan fingerprint density at radius 3 is 2.61 bits per heavy atom. The summed E-state index contributed by atoms with van der Waals surface area (Å²) in [5, 5.41) is 22.4. The number of carbonyl (C=O) groups excluding carboxylic acids is 1. The van der Waals surface area contributed by atoms with E-state index in [1.165, 1.54) is 0 Å². The summed E-state index contributed by atoms with van der Waals surface area (Å²) in [5.74, 6) is 0.237. The molecule has 5 rings (SSSR count). The van der Waals surface area contributed by atoms with E-state index in [4.69, 9.17) is 9.68 Å². The van der Waals surface area contributed by atoms with Gasteiger partial charge in [-0.15, -0.1) is 5.10 Å². The van der Waals surface area contributed by atoms with E-state index in [2.05, 4.69) is 35.8 Å². The maximum atomic E-state index is 12.8. The van der Waals surface area contributed by atoms with Gasteiger partial charge in [0.15, 0.2) is 6.07 Å². The lowest BCUT2D eigenvalue weighted by atomic mass is 10.1. The van der Waals surface area contributed by atoms with Gasteiger partial charge in [0.2, 0.25) is 11.8 Å². The molecule has 0 saturated carbocycles. The van der Waals surface area contributed by atoms with Crippen LogP contribution in [0.3, 0.4) is 0 Å². The van der Waals surface area contributed by atoms with Gasteiger partial charge in [-0.2, -0.15) is 5.26 Å². The quantitative estimate of drug-likeness (QED) is 0.356. The SMILES string of the molecule is Cc1ccc(NC(=O)c2ccc(-c3nnc(C#N)o3)cc2)cc1Nc1nccc(-c2cccnc2)n1. The molecule has 0 unspecified atom stereocenters. The van der Waals surface area contributed by atoms with Crippen LogP contribution in [0.5, 0.6) is 0 Å². The fourth-order valence-electron chi connectivity index (χ4n) is 3.40. The van der Waals surface area contributed by atoms with E-state index < -0.39 is 0 Å². The first kappa shape index (κ1) is 22.4. The standard InChI is InChI=1S/C26H18N8O2/c1-16-4-9-20(13-22(16)32-26-29-12-10-21(31-26)19-3-2-11-28-15-19)30-24(35)17-5-7-18(8-6-17)25-34-33-23(14-27)36-25/h2-13,15H,1H3,(H,30,35)(H,29,31,32). The highest BCUT2D eigenvalue weighted by Gasteiger charge is 2.12. The second-order valence-corrected chi connectivity index (χ2v) is 7.72. The van der Waals surface area contributed by atoms with Crippen molar-refractivity contribution in [2.75, 3.05) is 10.6 Å². The van der Waals surface area contributed by atoms with E-state index in [0.717, 1.165) is 22.5 Å². The minimum atomic E-state index is -0.283. The van der Waals surface area contributed by atoms with Crippen molar-refractivity contribution in [3.63, 3.8) is 0 Å². The van der Waals surface area contributed by atoms with Crippen molar-refractivity contribution in [3.05, 3.63) is 96.3 Å². The number of benzene rings is 2. The number of hydrogen-bond donors (Lipinski definition) is 2. The van der Waals surface area contributed by atoms with Crippen LogP contribution in [0.4, 0.5) is 17.3 Å². The highest BCUT2D eigenvalue weighted by atomic mass is 16.4. The van der Waals surface area contributed by atoms with Crippen molar-refractivity contribution in [3.8, 4) is 28.8 Å². The Hall–Kier alpha value is -5.43. The Balaban J connectivity index is 1.30. The third-order valence-electron chi connectivity index (χ3n) is 5.27. The molecule has 0 fully saturated rings. The topological polar surface area (TPSA) is 143 Å². The van der Waals surface area contributed by atoms with Crippen molar-refractivity contribution in [2.24, 2.45) is 0 Å². The monoisotopic (exact) mass is 474 g/mol. The Morgan fingerprint density at radius 1 is 1.00 bits per heavy atom. The van der Waals surface area contributed by atoms with Crippen molar-refractivity contribution in [1.82, 2.24) is 25.1 Å². The molecule has 36 heavy (non-hydrogen) atoms. The van der Waals surface area contributed by atoms with Gasteiger partial charge < -0.3 is 15.1 Å². The molecule has 2 aromatic carbocycles. The van der Waals surface area contributed by atoms with Gasteiger partial charge in [0.1, 0.15) is 0 Å². The number of rotatable bonds is 6. The molecular formula is C26H18N8O2. The number of anilines is 3. The first-order chi connectivity index (χ1) is 17.6. The minimum absolute atomic E-state index is 0.121. The predicted molar refractivity (Wildman–Crippen MR) is 132 cm³/mol. The third-order valence-corrected chi connectivity index (χ3v) is 5.27. The van der Waals surface area contributed by atoms with E-state index in [0.29, 0.717) is 22.8 Å². The Morgan fingerprint density at radius 2 is 1.86 bits per heavy atom. The molecule has 3 aromatic heterocycles. The summed E-state index contributed by atoms with van der Waals surface area (Å²) in [6.07, 6.45) is 5.13. The number of aromatic nitrogens is 5. The molecule has 0 bridgehead atoms. The average molecular weight is 474 g/mol. The number of amides is 1. The zero-order valence-corrected chi connectivity index (χ0v) is 19.0. The van der Waals surface area contributed by atoms with E-state index in [9.17, 15) is 4.79 Å². The van der Waals surface area contributed by atoms with Crippen LogP contribution in [0, 0.1) is 18.3 Å². The molecule has 0 spiro atoms. The van der Waals surface area contributed by atoms with Gasteiger partial charge in [0.05, 0.1) is 5.69 Å². The molecule has 10 nitrogen and oxygen atoms in total. The highest BCUT2D eigenvalue weighted by Crippen LogP contribution is 2.25. The molecule has 5 aromatic rings. The first-order valence-corrected chi connectivity index (χ1v) is 10.9. The molecule has 0 atom stereocenters. The second kappa shape index (κ2) is 9.82.